The van der Waals surface area contributed by atoms with Crippen LogP contribution in [0.1, 0.15) is 45.8 Å². The van der Waals surface area contributed by atoms with Gasteiger partial charge in [-0.25, -0.2) is 8.42 Å². The maximum Gasteiger partial charge on any atom is 0.265 e. The smallest absolute Gasteiger partial charge is 0.265 e. The van der Waals surface area contributed by atoms with Gasteiger partial charge in [-0.1, -0.05) is 12.8 Å². The molecular weight excluding hydrogens is 342 g/mol. The summed E-state index contributed by atoms with van der Waals surface area (Å²) in [5.41, 5.74) is 1.71. The Morgan fingerprint density at radius 3 is 2.29 bits per heavy atom. The summed E-state index contributed by atoms with van der Waals surface area (Å²) in [7, 11) is -3.25. The predicted octanol–water partition coefficient (Wildman–Crippen LogP) is 4.33. The number of hydrogen-bond donors (Lipinski definition) is 1. The van der Waals surface area contributed by atoms with E-state index in [0.717, 1.165) is 36.1 Å². The lowest BCUT2D eigenvalue weighted by molar-refractivity contribution is 0.103. The van der Waals surface area contributed by atoms with Crippen LogP contribution in [0.5, 0.6) is 0 Å². The van der Waals surface area contributed by atoms with Gasteiger partial charge in [0, 0.05) is 10.6 Å². The van der Waals surface area contributed by atoms with Crippen LogP contribution in [0.25, 0.3) is 0 Å². The molecule has 1 heterocycles. The molecule has 1 amide bonds. The summed E-state index contributed by atoms with van der Waals surface area (Å²) in [4.78, 5) is 14.4. The van der Waals surface area contributed by atoms with Gasteiger partial charge in [0.15, 0.2) is 9.84 Å². The molecule has 24 heavy (non-hydrogen) atoms. The van der Waals surface area contributed by atoms with Crippen molar-refractivity contribution in [3.05, 3.63) is 45.6 Å². The van der Waals surface area contributed by atoms with E-state index in [2.05, 4.69) is 5.32 Å². The Bertz CT molecular complexity index is 825. The molecule has 1 fully saturated rings. The van der Waals surface area contributed by atoms with Gasteiger partial charge in [0.2, 0.25) is 0 Å². The lowest BCUT2D eigenvalue weighted by atomic mass is 10.2. The first kappa shape index (κ1) is 17.2. The Kier molecular flexibility index (Phi) is 4.78. The molecule has 0 saturated heterocycles. The Labute approximate surface area is 146 Å². The molecule has 1 aliphatic rings. The minimum absolute atomic E-state index is 0.164. The highest BCUT2D eigenvalue weighted by atomic mass is 32.2. The van der Waals surface area contributed by atoms with Crippen LogP contribution in [0.2, 0.25) is 0 Å². The van der Waals surface area contributed by atoms with Crippen molar-refractivity contribution >= 4 is 32.8 Å². The third-order valence-corrected chi connectivity index (χ3v) is 8.00. The first-order valence-electron chi connectivity index (χ1n) is 8.10. The average molecular weight is 364 g/mol. The van der Waals surface area contributed by atoms with E-state index >= 15 is 0 Å². The quantitative estimate of drug-likeness (QED) is 0.879. The number of thiophene rings is 1. The Balaban J connectivity index is 1.73. The van der Waals surface area contributed by atoms with Crippen molar-refractivity contribution < 1.29 is 13.2 Å². The minimum atomic E-state index is -3.25. The largest absolute Gasteiger partial charge is 0.321 e. The summed E-state index contributed by atoms with van der Waals surface area (Å²) in [5, 5.41) is 2.57. The summed E-state index contributed by atoms with van der Waals surface area (Å²) >= 11 is 1.46. The van der Waals surface area contributed by atoms with E-state index in [1.165, 1.54) is 11.3 Å². The molecule has 2 aromatic rings. The first-order chi connectivity index (χ1) is 11.4. The van der Waals surface area contributed by atoms with E-state index in [0.29, 0.717) is 15.5 Å². The van der Waals surface area contributed by atoms with E-state index in [1.807, 2.05) is 19.9 Å². The molecule has 128 valence electrons. The third-order valence-electron chi connectivity index (χ3n) is 4.57. The summed E-state index contributed by atoms with van der Waals surface area (Å²) < 4.78 is 25.1. The van der Waals surface area contributed by atoms with Crippen LogP contribution in [0, 0.1) is 13.8 Å². The summed E-state index contributed by atoms with van der Waals surface area (Å²) in [6.45, 7) is 3.96. The van der Waals surface area contributed by atoms with Crippen LogP contribution >= 0.6 is 11.3 Å². The highest BCUT2D eigenvalue weighted by Crippen LogP contribution is 2.30. The fourth-order valence-corrected chi connectivity index (χ4v) is 5.78. The number of anilines is 1. The molecule has 0 atom stereocenters. The van der Waals surface area contributed by atoms with Crippen LogP contribution in [-0.2, 0) is 9.84 Å². The van der Waals surface area contributed by atoms with Gasteiger partial charge in [-0.3, -0.25) is 4.79 Å². The number of carbonyl (C=O) groups excluding carboxylic acids is 1. The fourth-order valence-electron chi connectivity index (χ4n) is 3.00. The van der Waals surface area contributed by atoms with Crippen molar-refractivity contribution in [2.24, 2.45) is 0 Å². The summed E-state index contributed by atoms with van der Waals surface area (Å²) in [5.74, 6) is -0.164. The Morgan fingerprint density at radius 2 is 1.75 bits per heavy atom. The van der Waals surface area contributed by atoms with E-state index in [-0.39, 0.29) is 11.2 Å². The average Bonchev–Trinajstić information content (AvgIpc) is 3.19. The highest BCUT2D eigenvalue weighted by molar-refractivity contribution is 7.92. The Hall–Kier alpha value is -1.66. The maximum absolute atomic E-state index is 12.5. The monoisotopic (exact) mass is 363 g/mol. The van der Waals surface area contributed by atoms with Crippen LogP contribution in [0.4, 0.5) is 5.69 Å². The number of aryl methyl sites for hydroxylation is 2. The molecule has 1 aromatic carbocycles. The topological polar surface area (TPSA) is 63.2 Å². The zero-order chi connectivity index (χ0) is 17.3. The number of nitrogens with one attached hydrogen (secondary N) is 1. The van der Waals surface area contributed by atoms with Gasteiger partial charge in [0.05, 0.1) is 15.0 Å². The number of benzene rings is 1. The van der Waals surface area contributed by atoms with E-state index in [1.54, 1.807) is 24.3 Å². The second kappa shape index (κ2) is 6.69. The second-order valence-corrected chi connectivity index (χ2v) is 9.76. The molecule has 1 aromatic heterocycles. The van der Waals surface area contributed by atoms with Crippen molar-refractivity contribution in [2.45, 2.75) is 49.7 Å². The van der Waals surface area contributed by atoms with Crippen molar-refractivity contribution in [2.75, 3.05) is 5.32 Å². The van der Waals surface area contributed by atoms with Crippen molar-refractivity contribution in [1.29, 1.82) is 0 Å². The molecule has 4 nitrogen and oxygen atoms in total. The van der Waals surface area contributed by atoms with Crippen molar-refractivity contribution in [3.63, 3.8) is 0 Å². The molecule has 0 unspecified atom stereocenters. The van der Waals surface area contributed by atoms with Crippen LogP contribution in [0.15, 0.2) is 35.2 Å². The number of hydrogen-bond acceptors (Lipinski definition) is 4. The normalized spacial score (nSPS) is 15.6. The molecule has 0 radical (unpaired) electrons. The van der Waals surface area contributed by atoms with Gasteiger partial charge < -0.3 is 5.32 Å². The molecule has 3 rings (SSSR count). The van der Waals surface area contributed by atoms with Gasteiger partial charge in [0.25, 0.3) is 5.91 Å². The van der Waals surface area contributed by atoms with Crippen molar-refractivity contribution in [3.8, 4) is 0 Å². The third kappa shape index (κ3) is 3.39. The summed E-state index contributed by atoms with van der Waals surface area (Å²) in [6, 6.07) is 8.37. The Morgan fingerprint density at radius 1 is 1.12 bits per heavy atom. The zero-order valence-electron chi connectivity index (χ0n) is 13.8. The fraction of sp³-hybridized carbons (Fsp3) is 0.389. The number of amides is 1. The highest BCUT2D eigenvalue weighted by Gasteiger charge is 2.30. The summed E-state index contributed by atoms with van der Waals surface area (Å²) in [6.07, 6.45) is 3.46. The number of sulfone groups is 1. The molecule has 1 aliphatic carbocycles. The van der Waals surface area contributed by atoms with E-state index in [4.69, 9.17) is 0 Å². The van der Waals surface area contributed by atoms with Gasteiger partial charge in [0.1, 0.15) is 0 Å². The lowest BCUT2D eigenvalue weighted by Crippen LogP contribution is -2.17. The minimum Gasteiger partial charge on any atom is -0.321 e. The molecule has 0 bridgehead atoms. The number of carbonyl (C=O) groups is 1. The van der Waals surface area contributed by atoms with Gasteiger partial charge in [-0.05, 0) is 62.6 Å². The SMILES string of the molecule is Cc1cc(C(=O)Nc2ccc(S(=O)(=O)C3CCCC3)cc2)sc1C. The van der Waals surface area contributed by atoms with E-state index in [9.17, 15) is 13.2 Å². The first-order valence-corrected chi connectivity index (χ1v) is 10.5. The van der Waals surface area contributed by atoms with Crippen LogP contribution in [-0.4, -0.2) is 19.6 Å². The molecular formula is C18H21NO3S2. The van der Waals surface area contributed by atoms with Crippen LogP contribution in [0.3, 0.4) is 0 Å². The molecule has 6 heteroatoms. The predicted molar refractivity (Wildman–Crippen MR) is 97.6 cm³/mol. The maximum atomic E-state index is 12.5. The van der Waals surface area contributed by atoms with Crippen LogP contribution < -0.4 is 5.32 Å². The molecule has 1 saturated carbocycles. The zero-order valence-corrected chi connectivity index (χ0v) is 15.5. The lowest BCUT2D eigenvalue weighted by Gasteiger charge is -2.11. The van der Waals surface area contributed by atoms with E-state index < -0.39 is 9.84 Å². The van der Waals surface area contributed by atoms with Crippen molar-refractivity contribution in [1.82, 2.24) is 0 Å². The van der Waals surface area contributed by atoms with Gasteiger partial charge in [-0.15, -0.1) is 11.3 Å². The molecule has 0 spiro atoms. The standard InChI is InChI=1S/C18H21NO3S2/c1-12-11-17(23-13(12)2)18(20)19-14-7-9-16(10-8-14)24(21,22)15-5-3-4-6-15/h7-11,15H,3-6H2,1-2H3,(H,19,20). The molecule has 1 N–H and O–H groups in total. The molecule has 0 aliphatic heterocycles. The van der Waals surface area contributed by atoms with Gasteiger partial charge >= 0.3 is 0 Å². The number of rotatable bonds is 4. The second-order valence-electron chi connectivity index (χ2n) is 6.28. The van der Waals surface area contributed by atoms with Gasteiger partial charge in [-0.2, -0.15) is 0 Å².